The normalized spacial score (nSPS) is 30.1. The van der Waals surface area contributed by atoms with E-state index in [0.29, 0.717) is 0 Å². The Kier molecular flexibility index (Phi) is 3.34. The maximum Gasteiger partial charge on any atom is 0.0348 e. The number of rotatable bonds is 6. The lowest BCUT2D eigenvalue weighted by atomic mass is 10.3. The van der Waals surface area contributed by atoms with Gasteiger partial charge in [0.25, 0.3) is 0 Å². The molecular weight excluding hydrogens is 216 g/mol. The van der Waals surface area contributed by atoms with Gasteiger partial charge in [-0.15, -0.1) is 0 Å². The first-order valence-corrected chi connectivity index (χ1v) is 9.64. The summed E-state index contributed by atoms with van der Waals surface area (Å²) in [5.41, 5.74) is 8.90. The van der Waals surface area contributed by atoms with Crippen LogP contribution in [0.2, 0.25) is 0 Å². The van der Waals surface area contributed by atoms with E-state index in [0.717, 1.165) is 30.1 Å². The van der Waals surface area contributed by atoms with Crippen LogP contribution in [0.25, 0.3) is 0 Å². The average Bonchev–Trinajstić information content (AvgIpc) is 2.75. The van der Waals surface area contributed by atoms with E-state index in [4.69, 9.17) is 5.73 Å². The molecule has 0 amide bonds. The van der Waals surface area contributed by atoms with Crippen molar-refractivity contribution in [1.29, 1.82) is 0 Å². The fourth-order valence-corrected chi connectivity index (χ4v) is 9.03. The van der Waals surface area contributed by atoms with Crippen LogP contribution in [0.15, 0.2) is 16.6 Å². The summed E-state index contributed by atoms with van der Waals surface area (Å²) in [6, 6.07) is 0. The second kappa shape index (κ2) is 3.88. The van der Waals surface area contributed by atoms with Gasteiger partial charge < -0.3 is 5.73 Å². The highest BCUT2D eigenvalue weighted by molar-refractivity contribution is 8.75. The Morgan fingerprint density at radius 3 is 2.00 bits per heavy atom. The first-order chi connectivity index (χ1) is 7.49. The minimum Gasteiger partial charge on any atom is -0.321 e. The second-order valence-electron chi connectivity index (χ2n) is 5.25. The minimum absolute atomic E-state index is 0.271. The SMILES string of the molecule is CCCC(N)S1(CC)(CC)(CC)C=CN=C1. The van der Waals surface area contributed by atoms with E-state index in [1.165, 1.54) is 0 Å². The van der Waals surface area contributed by atoms with Gasteiger partial charge in [0.15, 0.2) is 0 Å². The molecule has 0 saturated carbocycles. The highest BCUT2D eigenvalue weighted by atomic mass is 32.4. The molecule has 0 aromatic carbocycles. The molecule has 0 aliphatic carbocycles. The largest absolute Gasteiger partial charge is 0.321 e. The zero-order valence-electron chi connectivity index (χ0n) is 11.3. The molecule has 1 heterocycles. The van der Waals surface area contributed by atoms with E-state index in [9.17, 15) is 0 Å². The van der Waals surface area contributed by atoms with Gasteiger partial charge in [-0.2, -0.15) is 0 Å². The van der Waals surface area contributed by atoms with Crippen LogP contribution in [0, 0.1) is 0 Å². The maximum absolute atomic E-state index is 6.64. The first-order valence-electron chi connectivity index (χ1n) is 6.49. The van der Waals surface area contributed by atoms with E-state index in [1.54, 1.807) is 0 Å². The molecule has 16 heavy (non-hydrogen) atoms. The number of aliphatic imine (C=N–C) groups is 1. The summed E-state index contributed by atoms with van der Waals surface area (Å²) in [6.07, 6.45) is 4.25. The molecule has 0 radical (unpaired) electrons. The van der Waals surface area contributed by atoms with Gasteiger partial charge in [-0.3, -0.25) is 4.99 Å². The van der Waals surface area contributed by atoms with Crippen molar-refractivity contribution in [1.82, 2.24) is 0 Å². The predicted molar refractivity (Wildman–Crippen MR) is 79.7 cm³/mol. The van der Waals surface area contributed by atoms with E-state index in [1.807, 2.05) is 6.20 Å². The van der Waals surface area contributed by atoms with Crippen LogP contribution in [0.5, 0.6) is 0 Å². The van der Waals surface area contributed by atoms with Gasteiger partial charge in [0.05, 0.1) is 0 Å². The van der Waals surface area contributed by atoms with Crippen molar-refractivity contribution in [3.05, 3.63) is 11.6 Å². The van der Waals surface area contributed by atoms with E-state index >= 15 is 0 Å². The summed E-state index contributed by atoms with van der Waals surface area (Å²) >= 11 is 0. The summed E-state index contributed by atoms with van der Waals surface area (Å²) in [5.74, 6) is 3.44. The van der Waals surface area contributed by atoms with Crippen LogP contribution in [-0.4, -0.2) is 28.2 Å². The van der Waals surface area contributed by atoms with Gasteiger partial charge in [0.1, 0.15) is 0 Å². The summed E-state index contributed by atoms with van der Waals surface area (Å²) in [7, 11) is -2.40. The quantitative estimate of drug-likeness (QED) is 0.763. The van der Waals surface area contributed by atoms with Crippen molar-refractivity contribution in [2.24, 2.45) is 10.7 Å². The van der Waals surface area contributed by atoms with E-state index in [2.05, 4.69) is 43.6 Å². The Balaban J connectivity index is 3.42. The molecule has 0 aromatic rings. The highest BCUT2D eigenvalue weighted by Crippen LogP contribution is 2.91. The Morgan fingerprint density at radius 2 is 1.69 bits per heavy atom. The van der Waals surface area contributed by atoms with Gasteiger partial charge in [0, 0.05) is 17.1 Å². The Labute approximate surface area is 99.7 Å². The molecule has 0 aromatic heterocycles. The van der Waals surface area contributed by atoms with Crippen molar-refractivity contribution in [3.8, 4) is 0 Å². The number of hydrogen-bond donors (Lipinski definition) is 1. The zero-order valence-corrected chi connectivity index (χ0v) is 12.1. The summed E-state index contributed by atoms with van der Waals surface area (Å²) in [6.45, 7) is 9.11. The minimum atomic E-state index is -2.40. The summed E-state index contributed by atoms with van der Waals surface area (Å²) in [5, 5.41) is 2.67. The van der Waals surface area contributed by atoms with E-state index < -0.39 is 8.29 Å². The smallest absolute Gasteiger partial charge is 0.0348 e. The molecular formula is C13H28N2S. The fourth-order valence-electron chi connectivity index (χ4n) is 3.12. The third kappa shape index (κ3) is 1.34. The zero-order chi connectivity index (χ0) is 12.3. The van der Waals surface area contributed by atoms with Crippen LogP contribution in [0.1, 0.15) is 40.5 Å². The fraction of sp³-hybridized carbons (Fsp3) is 0.769. The molecule has 1 aliphatic rings. The maximum atomic E-state index is 6.64. The molecule has 1 unspecified atom stereocenters. The van der Waals surface area contributed by atoms with Crippen LogP contribution in [-0.2, 0) is 0 Å². The van der Waals surface area contributed by atoms with Gasteiger partial charge in [-0.1, -0.05) is 34.1 Å². The molecule has 1 aliphatic heterocycles. The second-order valence-corrected chi connectivity index (χ2v) is 13.1. The van der Waals surface area contributed by atoms with Gasteiger partial charge in [0.2, 0.25) is 0 Å². The van der Waals surface area contributed by atoms with Gasteiger partial charge in [-0.05, 0) is 29.1 Å². The van der Waals surface area contributed by atoms with E-state index in [-0.39, 0.29) is 5.37 Å². The van der Waals surface area contributed by atoms with Crippen molar-refractivity contribution in [3.63, 3.8) is 0 Å². The molecule has 1 atom stereocenters. The van der Waals surface area contributed by atoms with Crippen LogP contribution >= 0.6 is 8.29 Å². The van der Waals surface area contributed by atoms with Gasteiger partial charge in [-0.25, -0.2) is 8.29 Å². The molecule has 0 bridgehead atoms. The summed E-state index contributed by atoms with van der Waals surface area (Å²) in [4.78, 5) is 4.46. The lowest BCUT2D eigenvalue weighted by Gasteiger charge is -2.76. The molecule has 0 spiro atoms. The number of nitrogens with two attached hydrogens (primary N) is 1. The third-order valence-electron chi connectivity index (χ3n) is 5.29. The highest BCUT2D eigenvalue weighted by Gasteiger charge is 2.59. The van der Waals surface area contributed by atoms with Crippen molar-refractivity contribution >= 4 is 13.8 Å². The van der Waals surface area contributed by atoms with Crippen molar-refractivity contribution in [2.45, 2.75) is 45.9 Å². The predicted octanol–water partition coefficient (Wildman–Crippen LogP) is 3.52. The van der Waals surface area contributed by atoms with Crippen molar-refractivity contribution in [2.75, 3.05) is 17.3 Å². The van der Waals surface area contributed by atoms with Crippen LogP contribution in [0.4, 0.5) is 0 Å². The Hall–Kier alpha value is -0.280. The first kappa shape index (κ1) is 13.8. The molecule has 3 heteroatoms. The molecule has 2 N–H and O–H groups in total. The molecule has 0 saturated heterocycles. The summed E-state index contributed by atoms with van der Waals surface area (Å²) < 4.78 is 0. The molecule has 2 nitrogen and oxygen atoms in total. The number of nitrogens with zero attached hydrogens (tertiary/aromatic N) is 1. The van der Waals surface area contributed by atoms with Gasteiger partial charge >= 0.3 is 0 Å². The average molecular weight is 244 g/mol. The topological polar surface area (TPSA) is 38.4 Å². The van der Waals surface area contributed by atoms with Crippen molar-refractivity contribution < 1.29 is 0 Å². The Morgan fingerprint density at radius 1 is 1.12 bits per heavy atom. The molecule has 1 rings (SSSR count). The number of hydrogen-bond acceptors (Lipinski definition) is 2. The molecule has 0 fully saturated rings. The third-order valence-corrected chi connectivity index (χ3v) is 14.8. The van der Waals surface area contributed by atoms with Crippen LogP contribution < -0.4 is 5.73 Å². The Bertz CT molecular complexity index is 297. The lowest BCUT2D eigenvalue weighted by molar-refractivity contribution is 0.745. The standard InChI is InChI=1S/C13H28N2S/c1-5-9-13(14)16(6-2,7-3,8-4)11-10-15-12-16/h10-13H,5-9,14H2,1-4H3. The molecule has 96 valence electrons. The van der Waals surface area contributed by atoms with Crippen LogP contribution in [0.3, 0.4) is 0 Å². The monoisotopic (exact) mass is 244 g/mol. The lowest BCUT2D eigenvalue weighted by Crippen LogP contribution is -2.54.